The molecule has 7 fully saturated rings. The Balaban J connectivity index is 1.44. The third-order valence-electron chi connectivity index (χ3n) is 8.93. The van der Waals surface area contributed by atoms with E-state index in [1.165, 1.54) is 0 Å². The Morgan fingerprint density at radius 3 is 1.88 bits per heavy atom. The van der Waals surface area contributed by atoms with Gasteiger partial charge in [-0.3, -0.25) is 4.79 Å². The van der Waals surface area contributed by atoms with E-state index in [9.17, 15) is 9.90 Å². The van der Waals surface area contributed by atoms with E-state index in [0.29, 0.717) is 35.5 Å². The molecule has 0 saturated heterocycles. The van der Waals surface area contributed by atoms with E-state index in [2.05, 4.69) is 6.58 Å². The number of aliphatic hydroxyl groups is 1. The predicted molar refractivity (Wildman–Crippen MR) is 91.0 cm³/mol. The van der Waals surface area contributed by atoms with Crippen LogP contribution in [0.3, 0.4) is 0 Å². The highest BCUT2D eigenvalue weighted by Crippen LogP contribution is 2.73. The van der Waals surface area contributed by atoms with Crippen LogP contribution in [0.25, 0.3) is 0 Å². The summed E-state index contributed by atoms with van der Waals surface area (Å²) in [6.07, 6.45) is 8.64. The molecule has 0 aliphatic heterocycles. The van der Waals surface area contributed by atoms with Gasteiger partial charge in [0.15, 0.2) is 0 Å². The van der Waals surface area contributed by atoms with Gasteiger partial charge in [-0.1, -0.05) is 13.0 Å². The van der Waals surface area contributed by atoms with Gasteiger partial charge in [0.1, 0.15) is 5.60 Å². The van der Waals surface area contributed by atoms with E-state index >= 15 is 0 Å². The van der Waals surface area contributed by atoms with E-state index < -0.39 is 5.41 Å². The molecule has 132 valence electrons. The van der Waals surface area contributed by atoms with Gasteiger partial charge in [0.2, 0.25) is 0 Å². The maximum absolute atomic E-state index is 12.9. The van der Waals surface area contributed by atoms with Gasteiger partial charge >= 0.3 is 5.97 Å². The second-order valence-electron chi connectivity index (χ2n) is 9.98. The summed E-state index contributed by atoms with van der Waals surface area (Å²) in [7, 11) is 0. The molecule has 0 aromatic carbocycles. The van der Waals surface area contributed by atoms with E-state index in [0.717, 1.165) is 44.9 Å². The minimum absolute atomic E-state index is 0.0720. The first kappa shape index (κ1) is 15.4. The van der Waals surface area contributed by atoms with Gasteiger partial charge in [0.05, 0.1) is 11.0 Å². The molecular formula is C21H30O3. The minimum Gasteiger partial charge on any atom is -0.458 e. The topological polar surface area (TPSA) is 46.5 Å². The van der Waals surface area contributed by atoms with Crippen LogP contribution in [-0.2, 0) is 9.53 Å². The fourth-order valence-corrected chi connectivity index (χ4v) is 7.64. The fraction of sp³-hybridized carbons (Fsp3) is 0.857. The zero-order valence-electron chi connectivity index (χ0n) is 15.0. The van der Waals surface area contributed by atoms with Gasteiger partial charge in [-0.2, -0.15) is 0 Å². The number of carbonyl (C=O) groups excluding carboxylic acids is 1. The molecule has 0 spiro atoms. The lowest BCUT2D eigenvalue weighted by Gasteiger charge is -2.73. The van der Waals surface area contributed by atoms with E-state index in [1.807, 2.05) is 13.8 Å². The smallest absolute Gasteiger partial charge is 0.316 e. The average Bonchev–Trinajstić information content (AvgIpc) is 2.56. The van der Waals surface area contributed by atoms with Crippen molar-refractivity contribution in [3.63, 3.8) is 0 Å². The molecule has 7 aliphatic carbocycles. The summed E-state index contributed by atoms with van der Waals surface area (Å²) >= 11 is 0. The van der Waals surface area contributed by atoms with E-state index in [1.54, 1.807) is 6.08 Å². The quantitative estimate of drug-likeness (QED) is 0.631. The van der Waals surface area contributed by atoms with Crippen LogP contribution in [-0.4, -0.2) is 22.3 Å². The summed E-state index contributed by atoms with van der Waals surface area (Å²) < 4.78 is 6.28. The van der Waals surface area contributed by atoms with E-state index in [4.69, 9.17) is 4.74 Å². The zero-order chi connectivity index (χ0) is 16.9. The number of esters is 1. The van der Waals surface area contributed by atoms with Gasteiger partial charge < -0.3 is 9.84 Å². The second kappa shape index (κ2) is 4.47. The Bertz CT molecular complexity index is 545. The molecule has 0 radical (unpaired) electrons. The van der Waals surface area contributed by atoms with Crippen LogP contribution in [0, 0.1) is 40.9 Å². The third-order valence-corrected chi connectivity index (χ3v) is 8.93. The highest BCUT2D eigenvalue weighted by atomic mass is 16.6. The second-order valence-corrected chi connectivity index (χ2v) is 9.98. The van der Waals surface area contributed by atoms with Gasteiger partial charge in [0, 0.05) is 0 Å². The largest absolute Gasteiger partial charge is 0.458 e. The molecule has 7 saturated carbocycles. The minimum atomic E-state index is -0.560. The molecular weight excluding hydrogens is 300 g/mol. The van der Waals surface area contributed by atoms with Crippen molar-refractivity contribution in [2.45, 2.75) is 70.0 Å². The first-order valence-corrected chi connectivity index (χ1v) is 9.91. The molecule has 0 amide bonds. The lowest BCUT2D eigenvalue weighted by molar-refractivity contribution is -0.294. The summed E-state index contributed by atoms with van der Waals surface area (Å²) in [6.45, 7) is 7.84. The first-order chi connectivity index (χ1) is 11.3. The molecule has 3 nitrogen and oxygen atoms in total. The zero-order valence-corrected chi connectivity index (χ0v) is 15.0. The summed E-state index contributed by atoms with van der Waals surface area (Å²) in [4.78, 5) is 12.9. The van der Waals surface area contributed by atoms with Gasteiger partial charge in [-0.15, -0.1) is 6.58 Å². The molecule has 24 heavy (non-hydrogen) atoms. The molecule has 1 N–H and O–H groups in total. The fourth-order valence-electron chi connectivity index (χ4n) is 7.64. The summed E-state index contributed by atoms with van der Waals surface area (Å²) in [5, 5.41) is 10.9. The van der Waals surface area contributed by atoms with Crippen LogP contribution in [0.1, 0.15) is 58.8 Å². The number of hydrogen-bond acceptors (Lipinski definition) is 3. The van der Waals surface area contributed by atoms with Gasteiger partial charge in [-0.25, -0.2) is 0 Å². The standard InChI is InChI=1S/C21H30O3/c1-4-19(3,5-2)18(22)24-21-9-15-12-6-20(23)7-13(15)17(11-21)14(8-20)16(12)10-21/h4,12-17,23H,1,5-11H2,2-3H3. The summed E-state index contributed by atoms with van der Waals surface area (Å²) in [6, 6.07) is 0. The predicted octanol–water partition coefficient (Wildman–Crippen LogP) is 3.71. The Morgan fingerprint density at radius 2 is 1.50 bits per heavy atom. The van der Waals surface area contributed by atoms with E-state index in [-0.39, 0.29) is 17.2 Å². The first-order valence-electron chi connectivity index (χ1n) is 9.91. The molecule has 7 rings (SSSR count). The van der Waals surface area contributed by atoms with Crippen molar-refractivity contribution in [2.75, 3.05) is 0 Å². The lowest BCUT2D eigenvalue weighted by Crippen LogP contribution is -2.71. The van der Waals surface area contributed by atoms with Crippen molar-refractivity contribution in [3.8, 4) is 0 Å². The van der Waals surface area contributed by atoms with Crippen molar-refractivity contribution in [3.05, 3.63) is 12.7 Å². The summed E-state index contributed by atoms with van der Waals surface area (Å²) in [5.41, 5.74) is -1.14. The maximum atomic E-state index is 12.9. The Morgan fingerprint density at radius 1 is 1.08 bits per heavy atom. The molecule has 8 bridgehead atoms. The number of carbonyl (C=O) groups is 1. The normalized spacial score (nSPS) is 55.5. The highest BCUT2D eigenvalue weighted by Gasteiger charge is 2.71. The Labute approximate surface area is 144 Å². The summed E-state index contributed by atoms with van der Waals surface area (Å²) in [5.74, 6) is 4.04. The highest BCUT2D eigenvalue weighted by molar-refractivity contribution is 5.79. The maximum Gasteiger partial charge on any atom is 0.316 e. The molecule has 0 aromatic heterocycles. The van der Waals surface area contributed by atoms with Crippen LogP contribution in [0.15, 0.2) is 12.7 Å². The third kappa shape index (κ3) is 1.75. The van der Waals surface area contributed by atoms with Crippen LogP contribution in [0.4, 0.5) is 0 Å². The van der Waals surface area contributed by atoms with Gasteiger partial charge in [-0.05, 0) is 87.4 Å². The molecule has 7 aliphatic rings. The monoisotopic (exact) mass is 330 g/mol. The van der Waals surface area contributed by atoms with Gasteiger partial charge in [0.25, 0.3) is 0 Å². The molecule has 0 aromatic rings. The van der Waals surface area contributed by atoms with Crippen molar-refractivity contribution >= 4 is 5.97 Å². The van der Waals surface area contributed by atoms with Crippen molar-refractivity contribution in [2.24, 2.45) is 40.9 Å². The van der Waals surface area contributed by atoms with Crippen molar-refractivity contribution < 1.29 is 14.6 Å². The van der Waals surface area contributed by atoms with Crippen molar-refractivity contribution in [1.82, 2.24) is 0 Å². The molecule has 0 heterocycles. The Hall–Kier alpha value is -0.830. The molecule has 1 atom stereocenters. The Kier molecular flexibility index (Phi) is 2.87. The molecule has 3 heteroatoms. The number of rotatable bonds is 4. The van der Waals surface area contributed by atoms with Crippen molar-refractivity contribution in [1.29, 1.82) is 0 Å². The SMILES string of the molecule is C=CC(C)(CC)C(=O)OC12CC3C4CC5(O)CC3C(C1)C(C5)C4C2. The van der Waals surface area contributed by atoms with Crippen LogP contribution in [0.5, 0.6) is 0 Å². The number of ether oxygens (including phenoxy) is 1. The molecule has 1 unspecified atom stereocenters. The van der Waals surface area contributed by atoms with Crippen LogP contribution < -0.4 is 0 Å². The number of hydrogen-bond donors (Lipinski definition) is 1. The lowest BCUT2D eigenvalue weighted by atomic mass is 9.34. The van der Waals surface area contributed by atoms with Crippen LogP contribution >= 0.6 is 0 Å². The van der Waals surface area contributed by atoms with Crippen LogP contribution in [0.2, 0.25) is 0 Å². The average molecular weight is 330 g/mol.